The summed E-state index contributed by atoms with van der Waals surface area (Å²) in [5.74, 6) is 0. The third-order valence-corrected chi connectivity index (χ3v) is 3.93. The molecule has 0 fully saturated rings. The van der Waals surface area contributed by atoms with Crippen LogP contribution >= 0.6 is 15.9 Å². The minimum atomic E-state index is -0.285. The molecule has 2 rings (SSSR count). The summed E-state index contributed by atoms with van der Waals surface area (Å²) in [6.07, 6.45) is 1.89. The first-order valence-electron chi connectivity index (χ1n) is 6.28. The Morgan fingerprint density at radius 3 is 2.75 bits per heavy atom. The third-order valence-electron chi connectivity index (χ3n) is 3.13. The molecule has 0 aromatic carbocycles. The lowest BCUT2D eigenvalue weighted by Gasteiger charge is -2.11. The van der Waals surface area contributed by atoms with Gasteiger partial charge in [0.2, 0.25) is 0 Å². The van der Waals surface area contributed by atoms with Crippen molar-refractivity contribution in [3.05, 3.63) is 50.1 Å². The van der Waals surface area contributed by atoms with Gasteiger partial charge in [-0.1, -0.05) is 0 Å². The molecule has 0 N–H and O–H groups in total. The van der Waals surface area contributed by atoms with Gasteiger partial charge in [0.05, 0.1) is 12.2 Å². The zero-order valence-corrected chi connectivity index (χ0v) is 13.2. The number of hydrogen-bond donors (Lipinski definition) is 0. The highest BCUT2D eigenvalue weighted by Gasteiger charge is 2.12. The van der Waals surface area contributed by atoms with E-state index in [2.05, 4.69) is 21.0 Å². The lowest BCUT2D eigenvalue weighted by atomic mass is 10.2. The lowest BCUT2D eigenvalue weighted by Crippen LogP contribution is -2.25. The summed E-state index contributed by atoms with van der Waals surface area (Å²) in [5, 5.41) is 13.4. The van der Waals surface area contributed by atoms with Crippen molar-refractivity contribution in [2.24, 2.45) is 0 Å². The minimum absolute atomic E-state index is 0.130. The lowest BCUT2D eigenvalue weighted by molar-refractivity contribution is 0.522. The number of pyridine rings is 1. The first-order valence-corrected chi connectivity index (χ1v) is 7.07. The third kappa shape index (κ3) is 2.68. The molecule has 0 saturated heterocycles. The van der Waals surface area contributed by atoms with Crippen LogP contribution in [-0.2, 0) is 6.54 Å². The van der Waals surface area contributed by atoms with E-state index in [-0.39, 0.29) is 17.2 Å². The average Bonchev–Trinajstić information content (AvgIpc) is 2.87. The molecule has 0 saturated carbocycles. The molecule has 2 heterocycles. The maximum Gasteiger partial charge on any atom is 0.269 e. The summed E-state index contributed by atoms with van der Waals surface area (Å²) in [4.78, 5) is 12.2. The van der Waals surface area contributed by atoms with E-state index < -0.39 is 0 Å². The van der Waals surface area contributed by atoms with Crippen LogP contribution in [0.4, 0.5) is 0 Å². The van der Waals surface area contributed by atoms with E-state index >= 15 is 0 Å². The van der Waals surface area contributed by atoms with Gasteiger partial charge in [-0.3, -0.25) is 9.48 Å². The number of nitrogens with zero attached hydrogens (tertiary/aromatic N) is 4. The van der Waals surface area contributed by atoms with Crippen LogP contribution in [0.2, 0.25) is 0 Å². The van der Waals surface area contributed by atoms with Crippen molar-refractivity contribution in [3.8, 4) is 6.07 Å². The predicted molar refractivity (Wildman–Crippen MR) is 79.6 cm³/mol. The highest BCUT2D eigenvalue weighted by Crippen LogP contribution is 2.16. The summed E-state index contributed by atoms with van der Waals surface area (Å²) in [7, 11) is 0. The second-order valence-electron chi connectivity index (χ2n) is 4.88. The SMILES string of the molecule is Cc1c(Br)cc(C#N)c(=O)n1Cc1ccn(C(C)C)n1. The monoisotopic (exact) mass is 334 g/mol. The maximum atomic E-state index is 12.2. The quantitative estimate of drug-likeness (QED) is 0.866. The molecule has 0 spiro atoms. The minimum Gasteiger partial charge on any atom is -0.305 e. The van der Waals surface area contributed by atoms with Gasteiger partial charge >= 0.3 is 0 Å². The van der Waals surface area contributed by atoms with Gasteiger partial charge in [-0.15, -0.1) is 0 Å². The molecule has 20 heavy (non-hydrogen) atoms. The Hall–Kier alpha value is -1.87. The van der Waals surface area contributed by atoms with Crippen molar-refractivity contribution in [2.75, 3.05) is 0 Å². The van der Waals surface area contributed by atoms with Crippen LogP contribution in [0, 0.1) is 18.3 Å². The Bertz CT molecular complexity index is 737. The fourth-order valence-corrected chi connectivity index (χ4v) is 2.34. The van der Waals surface area contributed by atoms with Crippen LogP contribution in [0.3, 0.4) is 0 Å². The summed E-state index contributed by atoms with van der Waals surface area (Å²) in [5.41, 5.74) is 1.43. The summed E-state index contributed by atoms with van der Waals surface area (Å²) >= 11 is 3.38. The number of halogens is 1. The first kappa shape index (κ1) is 14.5. The van der Waals surface area contributed by atoms with E-state index in [9.17, 15) is 4.79 Å². The topological polar surface area (TPSA) is 63.6 Å². The molecule has 5 nitrogen and oxygen atoms in total. The molecule has 104 valence electrons. The summed E-state index contributed by atoms with van der Waals surface area (Å²) in [6.45, 7) is 6.28. The van der Waals surface area contributed by atoms with Crippen molar-refractivity contribution < 1.29 is 0 Å². The van der Waals surface area contributed by atoms with Crippen molar-refractivity contribution in [1.29, 1.82) is 5.26 Å². The summed E-state index contributed by atoms with van der Waals surface area (Å²) in [6, 6.07) is 5.64. The molecule has 0 aliphatic heterocycles. The second kappa shape index (κ2) is 5.63. The van der Waals surface area contributed by atoms with Crippen LogP contribution in [-0.4, -0.2) is 14.3 Å². The van der Waals surface area contributed by atoms with Gasteiger partial charge in [-0.2, -0.15) is 10.4 Å². The van der Waals surface area contributed by atoms with Crippen LogP contribution in [0.1, 0.15) is 36.8 Å². The average molecular weight is 335 g/mol. The molecule has 0 amide bonds. The standard InChI is InChI=1S/C14H15BrN4O/c1-9(2)19-5-4-12(17-19)8-18-10(3)13(15)6-11(7-16)14(18)20/h4-6,9H,8H2,1-3H3. The molecule has 2 aromatic heterocycles. The van der Waals surface area contributed by atoms with Gasteiger partial charge in [-0.25, -0.2) is 0 Å². The Labute approximate surface area is 125 Å². The molecule has 0 aliphatic carbocycles. The van der Waals surface area contributed by atoms with E-state index in [1.54, 1.807) is 10.6 Å². The van der Waals surface area contributed by atoms with Crippen LogP contribution < -0.4 is 5.56 Å². The molecule has 0 bridgehead atoms. The van der Waals surface area contributed by atoms with E-state index in [0.717, 1.165) is 15.9 Å². The van der Waals surface area contributed by atoms with Crippen molar-refractivity contribution in [3.63, 3.8) is 0 Å². The Morgan fingerprint density at radius 2 is 2.20 bits per heavy atom. The number of rotatable bonds is 3. The van der Waals surface area contributed by atoms with E-state index in [1.165, 1.54) is 0 Å². The predicted octanol–water partition coefficient (Wildman–Crippen LogP) is 2.62. The zero-order valence-electron chi connectivity index (χ0n) is 11.6. The molecule has 0 unspecified atom stereocenters. The fourth-order valence-electron chi connectivity index (χ4n) is 1.90. The van der Waals surface area contributed by atoms with Gasteiger partial charge < -0.3 is 4.57 Å². The highest BCUT2D eigenvalue weighted by atomic mass is 79.9. The van der Waals surface area contributed by atoms with Gasteiger partial charge in [0.15, 0.2) is 0 Å². The molecule has 6 heteroatoms. The molecule has 0 atom stereocenters. The fraction of sp³-hybridized carbons (Fsp3) is 0.357. The Balaban J connectivity index is 2.45. The molecule has 0 aliphatic rings. The molecular weight excluding hydrogens is 320 g/mol. The van der Waals surface area contributed by atoms with Crippen LogP contribution in [0.25, 0.3) is 0 Å². The Kier molecular flexibility index (Phi) is 4.09. The van der Waals surface area contributed by atoms with Crippen molar-refractivity contribution in [2.45, 2.75) is 33.4 Å². The van der Waals surface area contributed by atoms with E-state index in [4.69, 9.17) is 5.26 Å². The van der Waals surface area contributed by atoms with Crippen LogP contribution in [0.5, 0.6) is 0 Å². The molecule has 0 radical (unpaired) electrons. The van der Waals surface area contributed by atoms with Gasteiger partial charge in [-0.05, 0) is 48.8 Å². The smallest absolute Gasteiger partial charge is 0.269 e. The molecular formula is C14H15BrN4O. The number of hydrogen-bond acceptors (Lipinski definition) is 3. The molecule has 2 aromatic rings. The highest BCUT2D eigenvalue weighted by molar-refractivity contribution is 9.10. The van der Waals surface area contributed by atoms with E-state index in [1.807, 2.05) is 43.8 Å². The summed E-state index contributed by atoms with van der Waals surface area (Å²) < 4.78 is 4.16. The first-order chi connectivity index (χ1) is 9.43. The van der Waals surface area contributed by atoms with Crippen molar-refractivity contribution >= 4 is 15.9 Å². The van der Waals surface area contributed by atoms with Gasteiger partial charge in [0, 0.05) is 22.4 Å². The Morgan fingerprint density at radius 1 is 1.50 bits per heavy atom. The van der Waals surface area contributed by atoms with Gasteiger partial charge in [0.25, 0.3) is 5.56 Å². The number of nitriles is 1. The largest absolute Gasteiger partial charge is 0.305 e. The van der Waals surface area contributed by atoms with Crippen molar-refractivity contribution in [1.82, 2.24) is 14.3 Å². The second-order valence-corrected chi connectivity index (χ2v) is 5.73. The normalized spacial score (nSPS) is 10.8. The maximum absolute atomic E-state index is 12.2. The van der Waals surface area contributed by atoms with E-state index in [0.29, 0.717) is 6.54 Å². The van der Waals surface area contributed by atoms with Gasteiger partial charge in [0.1, 0.15) is 11.6 Å². The zero-order chi connectivity index (χ0) is 14.9. The number of aromatic nitrogens is 3. The van der Waals surface area contributed by atoms with Crippen LogP contribution in [0.15, 0.2) is 27.6 Å².